The van der Waals surface area contributed by atoms with Gasteiger partial charge in [0, 0.05) is 19.2 Å². The van der Waals surface area contributed by atoms with Gasteiger partial charge in [-0.25, -0.2) is 9.97 Å². The molecule has 2 heterocycles. The van der Waals surface area contributed by atoms with Crippen molar-refractivity contribution < 1.29 is 9.47 Å². The van der Waals surface area contributed by atoms with Gasteiger partial charge in [-0.2, -0.15) is 0 Å². The molecule has 1 aromatic carbocycles. The topological polar surface area (TPSA) is 68.3 Å². The summed E-state index contributed by atoms with van der Waals surface area (Å²) >= 11 is 0. The molecule has 6 heteroatoms. The van der Waals surface area contributed by atoms with E-state index < -0.39 is 0 Å². The van der Waals surface area contributed by atoms with Crippen LogP contribution in [0.1, 0.15) is 17.0 Å². The van der Waals surface area contributed by atoms with Crippen molar-refractivity contribution in [2.75, 3.05) is 24.5 Å². The molecule has 1 aliphatic heterocycles. The van der Waals surface area contributed by atoms with Crippen molar-refractivity contribution in [3.8, 4) is 11.5 Å². The first-order valence-electron chi connectivity index (χ1n) is 6.83. The normalized spacial score (nSPS) is 12.3. The van der Waals surface area contributed by atoms with E-state index in [1.807, 2.05) is 39.1 Å². The summed E-state index contributed by atoms with van der Waals surface area (Å²) in [4.78, 5) is 8.81. The lowest BCUT2D eigenvalue weighted by Gasteiger charge is -2.12. The standard InChI is InChI=1S/C15H18N4O2/c1-9-14(16-3)18-10(2)19-15(9)17-7-11-4-5-12-13(6-11)21-8-20-12/h4-6H,7-8H2,1-3H3,(H2,16,17,18,19). The Morgan fingerprint density at radius 1 is 1.10 bits per heavy atom. The molecular formula is C15H18N4O2. The van der Waals surface area contributed by atoms with E-state index in [4.69, 9.17) is 9.47 Å². The van der Waals surface area contributed by atoms with Crippen molar-refractivity contribution in [2.45, 2.75) is 20.4 Å². The lowest BCUT2D eigenvalue weighted by Crippen LogP contribution is -2.08. The van der Waals surface area contributed by atoms with Gasteiger partial charge in [-0.15, -0.1) is 0 Å². The quantitative estimate of drug-likeness (QED) is 0.900. The van der Waals surface area contributed by atoms with Crippen LogP contribution in [0.3, 0.4) is 0 Å². The maximum Gasteiger partial charge on any atom is 0.231 e. The zero-order valence-electron chi connectivity index (χ0n) is 12.4. The molecule has 0 saturated heterocycles. The molecule has 1 aliphatic rings. The average molecular weight is 286 g/mol. The molecule has 110 valence electrons. The van der Waals surface area contributed by atoms with Crippen molar-refractivity contribution >= 4 is 11.6 Å². The highest BCUT2D eigenvalue weighted by Gasteiger charge is 2.13. The first-order valence-corrected chi connectivity index (χ1v) is 6.83. The number of aromatic nitrogens is 2. The molecule has 0 atom stereocenters. The number of ether oxygens (including phenoxy) is 2. The van der Waals surface area contributed by atoms with Crippen LogP contribution in [0.4, 0.5) is 11.6 Å². The summed E-state index contributed by atoms with van der Waals surface area (Å²) in [5, 5.41) is 6.43. The van der Waals surface area contributed by atoms with Gasteiger partial charge in [-0.1, -0.05) is 6.07 Å². The van der Waals surface area contributed by atoms with Gasteiger partial charge in [0.15, 0.2) is 11.5 Å². The minimum absolute atomic E-state index is 0.294. The zero-order chi connectivity index (χ0) is 14.8. The highest BCUT2D eigenvalue weighted by Crippen LogP contribution is 2.32. The molecule has 0 saturated carbocycles. The van der Waals surface area contributed by atoms with Crippen LogP contribution in [0, 0.1) is 13.8 Å². The van der Waals surface area contributed by atoms with Crippen LogP contribution in [0.25, 0.3) is 0 Å². The third kappa shape index (κ3) is 2.69. The minimum atomic E-state index is 0.294. The summed E-state index contributed by atoms with van der Waals surface area (Å²) < 4.78 is 10.7. The number of hydrogen-bond acceptors (Lipinski definition) is 6. The van der Waals surface area contributed by atoms with Crippen LogP contribution in [0.5, 0.6) is 11.5 Å². The molecule has 0 bridgehead atoms. The monoisotopic (exact) mass is 286 g/mol. The largest absolute Gasteiger partial charge is 0.454 e. The molecule has 0 aliphatic carbocycles. The predicted octanol–water partition coefficient (Wildman–Crippen LogP) is 2.48. The maximum absolute atomic E-state index is 5.38. The fraction of sp³-hybridized carbons (Fsp3) is 0.333. The molecule has 21 heavy (non-hydrogen) atoms. The second-order valence-corrected chi connectivity index (χ2v) is 4.88. The van der Waals surface area contributed by atoms with E-state index in [9.17, 15) is 0 Å². The molecule has 0 radical (unpaired) electrons. The van der Waals surface area contributed by atoms with Gasteiger partial charge in [-0.05, 0) is 31.5 Å². The number of fused-ring (bicyclic) bond motifs is 1. The van der Waals surface area contributed by atoms with E-state index in [0.29, 0.717) is 13.3 Å². The number of nitrogens with one attached hydrogen (secondary N) is 2. The van der Waals surface area contributed by atoms with Crippen molar-refractivity contribution in [1.82, 2.24) is 9.97 Å². The van der Waals surface area contributed by atoms with E-state index in [2.05, 4.69) is 20.6 Å². The predicted molar refractivity (Wildman–Crippen MR) is 80.9 cm³/mol. The first-order chi connectivity index (χ1) is 10.2. The third-order valence-corrected chi connectivity index (χ3v) is 3.39. The van der Waals surface area contributed by atoms with E-state index in [1.54, 1.807) is 0 Å². The second kappa shape index (κ2) is 5.47. The van der Waals surface area contributed by atoms with Gasteiger partial charge in [0.2, 0.25) is 6.79 Å². The van der Waals surface area contributed by atoms with Gasteiger partial charge in [0.05, 0.1) is 0 Å². The number of nitrogens with zero attached hydrogens (tertiary/aromatic N) is 2. The van der Waals surface area contributed by atoms with E-state index in [-0.39, 0.29) is 0 Å². The number of hydrogen-bond donors (Lipinski definition) is 2. The lowest BCUT2D eigenvalue weighted by molar-refractivity contribution is 0.174. The molecular weight excluding hydrogens is 268 g/mol. The Bertz CT molecular complexity index is 673. The molecule has 0 amide bonds. The maximum atomic E-state index is 5.38. The molecule has 6 nitrogen and oxygen atoms in total. The van der Waals surface area contributed by atoms with E-state index in [1.165, 1.54) is 0 Å². The lowest BCUT2D eigenvalue weighted by atomic mass is 10.2. The van der Waals surface area contributed by atoms with Crippen LogP contribution in [0.2, 0.25) is 0 Å². The molecule has 0 unspecified atom stereocenters. The SMILES string of the molecule is CNc1nc(C)nc(NCc2ccc3c(c2)OCO3)c1C. The summed E-state index contributed by atoms with van der Waals surface area (Å²) in [6, 6.07) is 5.93. The minimum Gasteiger partial charge on any atom is -0.454 e. The number of aryl methyl sites for hydroxylation is 1. The Kier molecular flexibility index (Phi) is 3.51. The smallest absolute Gasteiger partial charge is 0.231 e. The fourth-order valence-electron chi connectivity index (χ4n) is 2.28. The zero-order valence-corrected chi connectivity index (χ0v) is 12.4. The molecule has 3 rings (SSSR count). The number of rotatable bonds is 4. The van der Waals surface area contributed by atoms with E-state index >= 15 is 0 Å². The third-order valence-electron chi connectivity index (χ3n) is 3.39. The molecule has 0 spiro atoms. The first kappa shape index (κ1) is 13.5. The number of benzene rings is 1. The van der Waals surface area contributed by atoms with Crippen LogP contribution < -0.4 is 20.1 Å². The average Bonchev–Trinajstić information content (AvgIpc) is 2.95. The van der Waals surface area contributed by atoms with Crippen LogP contribution in [0.15, 0.2) is 18.2 Å². The Morgan fingerprint density at radius 2 is 1.86 bits per heavy atom. The van der Waals surface area contributed by atoms with Crippen LogP contribution >= 0.6 is 0 Å². The second-order valence-electron chi connectivity index (χ2n) is 4.88. The Labute approximate surface area is 123 Å². The van der Waals surface area contributed by atoms with Crippen molar-refractivity contribution in [2.24, 2.45) is 0 Å². The van der Waals surface area contributed by atoms with Crippen LogP contribution in [-0.2, 0) is 6.54 Å². The van der Waals surface area contributed by atoms with Crippen molar-refractivity contribution in [3.05, 3.63) is 35.2 Å². The Balaban J connectivity index is 1.77. The van der Waals surface area contributed by atoms with Gasteiger partial charge in [-0.3, -0.25) is 0 Å². The van der Waals surface area contributed by atoms with Crippen molar-refractivity contribution in [1.29, 1.82) is 0 Å². The molecule has 1 aromatic heterocycles. The summed E-state index contributed by atoms with van der Waals surface area (Å²) in [5.74, 6) is 4.00. The van der Waals surface area contributed by atoms with Gasteiger partial charge in [0.25, 0.3) is 0 Å². The summed E-state index contributed by atoms with van der Waals surface area (Å²) in [5.41, 5.74) is 2.12. The molecule has 2 aromatic rings. The molecule has 2 N–H and O–H groups in total. The number of anilines is 2. The summed E-state index contributed by atoms with van der Waals surface area (Å²) in [6.07, 6.45) is 0. The summed E-state index contributed by atoms with van der Waals surface area (Å²) in [7, 11) is 1.86. The fourth-order valence-corrected chi connectivity index (χ4v) is 2.28. The molecule has 0 fully saturated rings. The highest BCUT2D eigenvalue weighted by molar-refractivity contribution is 5.57. The Morgan fingerprint density at radius 3 is 2.67 bits per heavy atom. The van der Waals surface area contributed by atoms with Crippen molar-refractivity contribution in [3.63, 3.8) is 0 Å². The van der Waals surface area contributed by atoms with Gasteiger partial charge >= 0.3 is 0 Å². The van der Waals surface area contributed by atoms with Gasteiger partial charge < -0.3 is 20.1 Å². The van der Waals surface area contributed by atoms with Gasteiger partial charge in [0.1, 0.15) is 17.5 Å². The van der Waals surface area contributed by atoms with Crippen LogP contribution in [-0.4, -0.2) is 23.8 Å². The Hall–Kier alpha value is -2.50. The highest BCUT2D eigenvalue weighted by atomic mass is 16.7. The van der Waals surface area contributed by atoms with E-state index in [0.717, 1.165) is 40.1 Å². The summed E-state index contributed by atoms with van der Waals surface area (Å²) in [6.45, 7) is 4.83.